The molecule has 0 aliphatic carbocycles. The van der Waals surface area contributed by atoms with Crippen LogP contribution in [0.4, 0.5) is 8.78 Å². The summed E-state index contributed by atoms with van der Waals surface area (Å²) in [5, 5.41) is 0. The van der Waals surface area contributed by atoms with Crippen molar-refractivity contribution in [3.63, 3.8) is 0 Å². The topological polar surface area (TPSA) is 112 Å². The second-order valence-electron chi connectivity index (χ2n) is 3.17. The van der Waals surface area contributed by atoms with Crippen molar-refractivity contribution >= 4 is 17.7 Å². The molecule has 0 aromatic heterocycles. The molecular weight excluding hydrogens is 281 g/mol. The highest BCUT2D eigenvalue weighted by Crippen LogP contribution is 2.40. The third-order valence-electron chi connectivity index (χ3n) is 1.76. The lowest BCUT2D eigenvalue weighted by atomic mass is 10.2. The SMILES string of the molecule is O=P(O)(O)Cc1cc(F)c(S(=O)(=O)O)cc1F. The molecule has 0 fully saturated rings. The molecule has 0 radical (unpaired) electrons. The molecule has 1 aromatic rings. The molecule has 0 saturated carbocycles. The standard InChI is InChI=1S/C7H7F2O6PS/c8-5-2-7(17(13,14)15)6(9)1-4(5)3-16(10,11)12/h1-2H,3H2,(H2,10,11,12)(H,13,14,15). The highest BCUT2D eigenvalue weighted by Gasteiger charge is 2.23. The highest BCUT2D eigenvalue weighted by molar-refractivity contribution is 7.85. The van der Waals surface area contributed by atoms with Gasteiger partial charge in [0.1, 0.15) is 16.5 Å². The maximum Gasteiger partial charge on any atom is 0.330 e. The summed E-state index contributed by atoms with van der Waals surface area (Å²) in [6.07, 6.45) is -1.07. The van der Waals surface area contributed by atoms with Crippen LogP contribution in [0.5, 0.6) is 0 Å². The van der Waals surface area contributed by atoms with Gasteiger partial charge in [0, 0.05) is 5.56 Å². The summed E-state index contributed by atoms with van der Waals surface area (Å²) >= 11 is 0. The minimum atomic E-state index is -4.93. The molecule has 0 spiro atoms. The predicted molar refractivity (Wildman–Crippen MR) is 51.9 cm³/mol. The van der Waals surface area contributed by atoms with Crippen LogP contribution in [0.2, 0.25) is 0 Å². The number of hydrogen-bond acceptors (Lipinski definition) is 3. The first-order chi connectivity index (χ1) is 7.50. The van der Waals surface area contributed by atoms with Crippen molar-refractivity contribution in [3.8, 4) is 0 Å². The van der Waals surface area contributed by atoms with Gasteiger partial charge in [0.05, 0.1) is 6.16 Å². The Bertz CT molecular complexity index is 593. The quantitative estimate of drug-likeness (QED) is 0.562. The van der Waals surface area contributed by atoms with Crippen LogP contribution in [0.25, 0.3) is 0 Å². The lowest BCUT2D eigenvalue weighted by Gasteiger charge is -2.07. The van der Waals surface area contributed by atoms with Gasteiger partial charge in [-0.3, -0.25) is 9.12 Å². The first-order valence-corrected chi connectivity index (χ1v) is 7.24. The van der Waals surface area contributed by atoms with Gasteiger partial charge in [-0.25, -0.2) is 8.78 Å². The maximum atomic E-state index is 13.2. The van der Waals surface area contributed by atoms with E-state index in [0.29, 0.717) is 6.07 Å². The van der Waals surface area contributed by atoms with Crippen molar-refractivity contribution < 1.29 is 36.1 Å². The Kier molecular flexibility index (Phi) is 3.70. The van der Waals surface area contributed by atoms with Gasteiger partial charge in [0.2, 0.25) is 0 Å². The average Bonchev–Trinajstić information content (AvgIpc) is 2.06. The molecule has 1 aromatic carbocycles. The van der Waals surface area contributed by atoms with E-state index in [-0.39, 0.29) is 6.07 Å². The molecule has 1 rings (SSSR count). The Labute approximate surface area is 94.8 Å². The molecular formula is C7H7F2O6PS. The van der Waals surface area contributed by atoms with E-state index in [9.17, 15) is 21.8 Å². The van der Waals surface area contributed by atoms with E-state index in [1.807, 2.05) is 0 Å². The van der Waals surface area contributed by atoms with Gasteiger partial charge in [-0.2, -0.15) is 8.42 Å². The van der Waals surface area contributed by atoms with Gasteiger partial charge < -0.3 is 9.79 Å². The fraction of sp³-hybridized carbons (Fsp3) is 0.143. The molecule has 0 amide bonds. The third kappa shape index (κ3) is 3.83. The van der Waals surface area contributed by atoms with Gasteiger partial charge in [0.15, 0.2) is 0 Å². The molecule has 10 heteroatoms. The van der Waals surface area contributed by atoms with Crippen LogP contribution in [0.1, 0.15) is 5.56 Å². The molecule has 0 unspecified atom stereocenters. The van der Waals surface area contributed by atoms with Crippen molar-refractivity contribution in [1.29, 1.82) is 0 Å². The summed E-state index contributed by atoms with van der Waals surface area (Å²) in [5.74, 6) is -2.82. The Morgan fingerprint density at radius 1 is 1.18 bits per heavy atom. The van der Waals surface area contributed by atoms with Gasteiger partial charge in [0.25, 0.3) is 10.1 Å². The number of halogens is 2. The molecule has 0 aliphatic heterocycles. The van der Waals surface area contributed by atoms with E-state index in [2.05, 4.69) is 0 Å². The lowest BCUT2D eigenvalue weighted by Crippen LogP contribution is -2.04. The average molecular weight is 288 g/mol. The van der Waals surface area contributed by atoms with Gasteiger partial charge in [-0.05, 0) is 12.1 Å². The predicted octanol–water partition coefficient (Wildman–Crippen LogP) is 0.889. The van der Waals surface area contributed by atoms with E-state index in [0.717, 1.165) is 0 Å². The molecule has 96 valence electrons. The van der Waals surface area contributed by atoms with Crippen LogP contribution in [-0.4, -0.2) is 22.8 Å². The molecule has 0 heterocycles. The summed E-state index contributed by atoms with van der Waals surface area (Å²) in [4.78, 5) is 15.9. The number of rotatable bonds is 3. The minimum absolute atomic E-state index is 0.162. The molecule has 0 saturated heterocycles. The zero-order valence-electron chi connectivity index (χ0n) is 8.04. The van der Waals surface area contributed by atoms with Gasteiger partial charge in [-0.1, -0.05) is 0 Å². The van der Waals surface area contributed by atoms with Gasteiger partial charge in [-0.15, -0.1) is 0 Å². The summed E-state index contributed by atoms with van der Waals surface area (Å²) in [6, 6.07) is 0.479. The van der Waals surface area contributed by atoms with Gasteiger partial charge >= 0.3 is 7.60 Å². The second-order valence-corrected chi connectivity index (χ2v) is 6.21. The fourth-order valence-corrected chi connectivity index (χ4v) is 2.35. The molecule has 17 heavy (non-hydrogen) atoms. The van der Waals surface area contributed by atoms with E-state index < -0.39 is 46.0 Å². The zero-order chi connectivity index (χ0) is 13.4. The zero-order valence-corrected chi connectivity index (χ0v) is 9.75. The maximum absolute atomic E-state index is 13.2. The Morgan fingerprint density at radius 2 is 1.71 bits per heavy atom. The van der Waals surface area contributed by atoms with Crippen molar-refractivity contribution in [2.75, 3.05) is 0 Å². The van der Waals surface area contributed by atoms with E-state index in [1.165, 1.54) is 0 Å². The van der Waals surface area contributed by atoms with Crippen molar-refractivity contribution in [2.24, 2.45) is 0 Å². The summed E-state index contributed by atoms with van der Waals surface area (Å²) in [7, 11) is -9.53. The summed E-state index contributed by atoms with van der Waals surface area (Å²) in [6.45, 7) is 0. The van der Waals surface area contributed by atoms with Crippen molar-refractivity contribution in [2.45, 2.75) is 11.1 Å². The van der Waals surface area contributed by atoms with Crippen LogP contribution in [-0.2, 0) is 20.8 Å². The third-order valence-corrected chi connectivity index (χ3v) is 3.38. The van der Waals surface area contributed by atoms with Crippen LogP contribution in [0.3, 0.4) is 0 Å². The summed E-state index contributed by atoms with van der Waals surface area (Å²) in [5.41, 5.74) is -0.678. The highest BCUT2D eigenvalue weighted by atomic mass is 32.2. The Morgan fingerprint density at radius 3 is 2.12 bits per heavy atom. The smallest absolute Gasteiger partial charge is 0.324 e. The first kappa shape index (κ1) is 14.2. The fourth-order valence-electron chi connectivity index (χ4n) is 1.11. The minimum Gasteiger partial charge on any atom is -0.324 e. The first-order valence-electron chi connectivity index (χ1n) is 4.01. The van der Waals surface area contributed by atoms with Crippen LogP contribution < -0.4 is 0 Å². The molecule has 0 atom stereocenters. The summed E-state index contributed by atoms with van der Waals surface area (Å²) < 4.78 is 66.7. The van der Waals surface area contributed by atoms with Crippen LogP contribution in [0.15, 0.2) is 17.0 Å². The second kappa shape index (κ2) is 4.43. The number of hydrogen-bond donors (Lipinski definition) is 3. The largest absolute Gasteiger partial charge is 0.330 e. The monoisotopic (exact) mass is 288 g/mol. The Hall–Kier alpha value is -0.860. The molecule has 0 aliphatic rings. The van der Waals surface area contributed by atoms with E-state index in [1.54, 1.807) is 0 Å². The molecule has 3 N–H and O–H groups in total. The van der Waals surface area contributed by atoms with E-state index >= 15 is 0 Å². The molecule has 6 nitrogen and oxygen atoms in total. The Balaban J connectivity index is 3.34. The lowest BCUT2D eigenvalue weighted by molar-refractivity contribution is 0.370. The van der Waals surface area contributed by atoms with Crippen LogP contribution >= 0.6 is 7.60 Å². The van der Waals surface area contributed by atoms with Crippen molar-refractivity contribution in [3.05, 3.63) is 29.3 Å². The van der Waals surface area contributed by atoms with E-state index in [4.69, 9.17) is 14.3 Å². The van der Waals surface area contributed by atoms with Crippen LogP contribution in [0, 0.1) is 11.6 Å². The number of benzene rings is 1. The normalized spacial score (nSPS) is 12.8. The molecule has 0 bridgehead atoms. The van der Waals surface area contributed by atoms with Crippen molar-refractivity contribution in [1.82, 2.24) is 0 Å².